The molecule has 0 heterocycles. The number of sulfonamides is 1. The lowest BCUT2D eigenvalue weighted by Gasteiger charge is -2.11. The van der Waals surface area contributed by atoms with Gasteiger partial charge in [-0.05, 0) is 31.2 Å². The van der Waals surface area contributed by atoms with Crippen molar-refractivity contribution in [3.05, 3.63) is 29.6 Å². The van der Waals surface area contributed by atoms with Gasteiger partial charge in [-0.15, -0.1) is 12.4 Å². The smallest absolute Gasteiger partial charge is 0.253 e. The number of benzene rings is 1. The third-order valence-corrected chi connectivity index (χ3v) is 2.78. The topological polar surface area (TPSA) is 101 Å². The second-order valence-corrected chi connectivity index (χ2v) is 5.71. The molecule has 1 aromatic carbocycles. The SMILES string of the molecule is CS(=O)(=O)Nc1ccc(F)cc1C(=O)NCCCN.Cl. The standard InChI is InChI=1S/C11H16FN3O3S.ClH/c1-19(17,18)15-10-4-3-8(12)7-9(10)11(16)14-6-2-5-13;/h3-4,7,15H,2,5-6,13H2,1H3,(H,14,16);1H. The van der Waals surface area contributed by atoms with Gasteiger partial charge in [0.05, 0.1) is 17.5 Å². The zero-order chi connectivity index (χ0) is 14.5. The number of nitrogens with one attached hydrogen (secondary N) is 2. The lowest BCUT2D eigenvalue weighted by atomic mass is 10.1. The molecule has 20 heavy (non-hydrogen) atoms. The number of carbonyl (C=O) groups excluding carboxylic acids is 1. The highest BCUT2D eigenvalue weighted by Gasteiger charge is 2.14. The van der Waals surface area contributed by atoms with Crippen molar-refractivity contribution in [3.63, 3.8) is 0 Å². The van der Waals surface area contributed by atoms with Gasteiger partial charge in [-0.2, -0.15) is 0 Å². The average Bonchev–Trinajstić information content (AvgIpc) is 2.30. The van der Waals surface area contributed by atoms with Crippen molar-refractivity contribution in [2.75, 3.05) is 24.1 Å². The first kappa shape index (κ1) is 18.6. The monoisotopic (exact) mass is 325 g/mol. The van der Waals surface area contributed by atoms with Crippen LogP contribution in [0.5, 0.6) is 0 Å². The van der Waals surface area contributed by atoms with Gasteiger partial charge in [0, 0.05) is 6.54 Å². The van der Waals surface area contributed by atoms with Gasteiger partial charge < -0.3 is 11.1 Å². The summed E-state index contributed by atoms with van der Waals surface area (Å²) < 4.78 is 37.7. The first-order valence-corrected chi connectivity index (χ1v) is 7.48. The Kier molecular flexibility index (Phi) is 7.48. The number of nitrogens with two attached hydrogens (primary N) is 1. The van der Waals surface area contributed by atoms with Crippen LogP contribution in [0.4, 0.5) is 10.1 Å². The van der Waals surface area contributed by atoms with Gasteiger partial charge in [0.2, 0.25) is 10.0 Å². The summed E-state index contributed by atoms with van der Waals surface area (Å²) in [5.74, 6) is -1.18. The molecular formula is C11H17ClFN3O3S. The van der Waals surface area contributed by atoms with Crippen LogP contribution in [0.3, 0.4) is 0 Å². The van der Waals surface area contributed by atoms with E-state index < -0.39 is 21.7 Å². The highest BCUT2D eigenvalue weighted by atomic mass is 35.5. The Hall–Kier alpha value is -1.38. The molecule has 4 N–H and O–H groups in total. The summed E-state index contributed by atoms with van der Waals surface area (Å²) >= 11 is 0. The first-order chi connectivity index (χ1) is 8.83. The number of hydrogen-bond acceptors (Lipinski definition) is 4. The van der Waals surface area contributed by atoms with E-state index in [1.165, 1.54) is 6.07 Å². The summed E-state index contributed by atoms with van der Waals surface area (Å²) in [6.07, 6.45) is 1.53. The number of hydrogen-bond donors (Lipinski definition) is 3. The van der Waals surface area contributed by atoms with Gasteiger partial charge in [0.1, 0.15) is 5.82 Å². The van der Waals surface area contributed by atoms with Gasteiger partial charge in [-0.1, -0.05) is 0 Å². The van der Waals surface area contributed by atoms with Gasteiger partial charge >= 0.3 is 0 Å². The number of amides is 1. The highest BCUT2D eigenvalue weighted by molar-refractivity contribution is 7.92. The van der Waals surface area contributed by atoms with Crippen LogP contribution in [-0.4, -0.2) is 33.7 Å². The number of halogens is 2. The van der Waals surface area contributed by atoms with E-state index in [4.69, 9.17) is 5.73 Å². The summed E-state index contributed by atoms with van der Waals surface area (Å²) in [6.45, 7) is 0.752. The Balaban J connectivity index is 0.00000361. The fourth-order valence-electron chi connectivity index (χ4n) is 1.39. The lowest BCUT2D eigenvalue weighted by Crippen LogP contribution is -2.27. The van der Waals surface area contributed by atoms with Crippen molar-refractivity contribution in [1.82, 2.24) is 5.32 Å². The van der Waals surface area contributed by atoms with Crippen LogP contribution in [0, 0.1) is 5.82 Å². The number of anilines is 1. The van der Waals surface area contributed by atoms with Crippen LogP contribution in [0.2, 0.25) is 0 Å². The molecule has 0 radical (unpaired) electrons. The molecule has 114 valence electrons. The van der Waals surface area contributed by atoms with Crippen molar-refractivity contribution < 1.29 is 17.6 Å². The van der Waals surface area contributed by atoms with Crippen molar-refractivity contribution in [2.24, 2.45) is 5.73 Å². The number of carbonyl (C=O) groups is 1. The van der Waals surface area contributed by atoms with Crippen molar-refractivity contribution >= 4 is 34.0 Å². The second-order valence-electron chi connectivity index (χ2n) is 3.96. The van der Waals surface area contributed by atoms with Crippen LogP contribution in [-0.2, 0) is 10.0 Å². The van der Waals surface area contributed by atoms with Gasteiger partial charge in [0.15, 0.2) is 0 Å². The molecule has 0 saturated heterocycles. The quantitative estimate of drug-likeness (QED) is 0.670. The van der Waals surface area contributed by atoms with E-state index in [1.54, 1.807) is 0 Å². The minimum atomic E-state index is -3.54. The number of rotatable bonds is 6. The lowest BCUT2D eigenvalue weighted by molar-refractivity contribution is 0.0954. The zero-order valence-corrected chi connectivity index (χ0v) is 12.5. The van der Waals surface area contributed by atoms with Crippen LogP contribution >= 0.6 is 12.4 Å². The Morgan fingerprint density at radius 3 is 2.60 bits per heavy atom. The summed E-state index contributed by atoms with van der Waals surface area (Å²) in [4.78, 5) is 11.8. The minimum absolute atomic E-state index is 0. The Bertz CT molecular complexity index is 566. The van der Waals surface area contributed by atoms with Crippen LogP contribution < -0.4 is 15.8 Å². The fraction of sp³-hybridized carbons (Fsp3) is 0.364. The molecule has 1 aromatic rings. The van der Waals surface area contributed by atoms with Crippen LogP contribution in [0.1, 0.15) is 16.8 Å². The van der Waals surface area contributed by atoms with E-state index in [2.05, 4.69) is 10.0 Å². The normalized spacial score (nSPS) is 10.6. The summed E-state index contributed by atoms with van der Waals surface area (Å²) in [5.41, 5.74) is 5.26. The van der Waals surface area contributed by atoms with E-state index in [0.717, 1.165) is 18.4 Å². The molecule has 0 unspecified atom stereocenters. The molecule has 0 atom stereocenters. The van der Waals surface area contributed by atoms with E-state index in [0.29, 0.717) is 19.5 Å². The summed E-state index contributed by atoms with van der Waals surface area (Å²) in [5, 5.41) is 2.53. The second kappa shape index (κ2) is 8.03. The van der Waals surface area contributed by atoms with Crippen molar-refractivity contribution in [2.45, 2.75) is 6.42 Å². The fourth-order valence-corrected chi connectivity index (χ4v) is 1.97. The molecule has 0 fully saturated rings. The summed E-state index contributed by atoms with van der Waals surface area (Å²) in [6, 6.07) is 3.25. The largest absolute Gasteiger partial charge is 0.352 e. The molecular weight excluding hydrogens is 309 g/mol. The third-order valence-electron chi connectivity index (χ3n) is 2.19. The average molecular weight is 326 g/mol. The van der Waals surface area contributed by atoms with Gasteiger partial charge in [-0.25, -0.2) is 12.8 Å². The predicted molar refractivity (Wildman–Crippen MR) is 78.1 cm³/mol. The van der Waals surface area contributed by atoms with E-state index in [1.807, 2.05) is 0 Å². The third kappa shape index (κ3) is 6.18. The molecule has 1 amide bonds. The van der Waals surface area contributed by atoms with Crippen LogP contribution in [0.15, 0.2) is 18.2 Å². The Morgan fingerprint density at radius 2 is 2.05 bits per heavy atom. The maximum absolute atomic E-state index is 13.2. The molecule has 0 aliphatic rings. The minimum Gasteiger partial charge on any atom is -0.352 e. The molecule has 6 nitrogen and oxygen atoms in total. The molecule has 0 saturated carbocycles. The van der Waals surface area contributed by atoms with E-state index in [9.17, 15) is 17.6 Å². The van der Waals surface area contributed by atoms with E-state index in [-0.39, 0.29) is 23.7 Å². The Morgan fingerprint density at radius 1 is 1.40 bits per heavy atom. The van der Waals surface area contributed by atoms with Gasteiger partial charge in [-0.3, -0.25) is 9.52 Å². The van der Waals surface area contributed by atoms with Crippen molar-refractivity contribution in [1.29, 1.82) is 0 Å². The Labute approximate surface area is 123 Å². The molecule has 0 spiro atoms. The predicted octanol–water partition coefficient (Wildman–Crippen LogP) is 0.698. The molecule has 0 aliphatic heterocycles. The first-order valence-electron chi connectivity index (χ1n) is 5.59. The molecule has 0 aliphatic carbocycles. The molecule has 0 aromatic heterocycles. The molecule has 0 bridgehead atoms. The van der Waals surface area contributed by atoms with Crippen LogP contribution in [0.25, 0.3) is 0 Å². The zero-order valence-electron chi connectivity index (χ0n) is 10.8. The van der Waals surface area contributed by atoms with Gasteiger partial charge in [0.25, 0.3) is 5.91 Å². The maximum atomic E-state index is 13.2. The molecule has 9 heteroatoms. The summed E-state index contributed by atoms with van der Waals surface area (Å²) in [7, 11) is -3.54. The maximum Gasteiger partial charge on any atom is 0.253 e. The van der Waals surface area contributed by atoms with E-state index >= 15 is 0 Å². The highest BCUT2D eigenvalue weighted by Crippen LogP contribution is 2.18. The molecule has 1 rings (SSSR count). The van der Waals surface area contributed by atoms with Crippen molar-refractivity contribution in [3.8, 4) is 0 Å².